The van der Waals surface area contributed by atoms with Crippen molar-refractivity contribution in [3.8, 4) is 0 Å². The maximum absolute atomic E-state index is 13.0. The molecule has 0 aliphatic carbocycles. The predicted octanol–water partition coefficient (Wildman–Crippen LogP) is 1.91. The monoisotopic (exact) mass is 334 g/mol. The molecule has 23 heavy (non-hydrogen) atoms. The molecule has 124 valence electrons. The van der Waals surface area contributed by atoms with Crippen LogP contribution in [-0.4, -0.2) is 53.5 Å². The third kappa shape index (κ3) is 3.87. The van der Waals surface area contributed by atoms with Crippen LogP contribution < -0.4 is 5.73 Å². The molecule has 2 atom stereocenters. The molecule has 2 aliphatic heterocycles. The smallest absolute Gasteiger partial charge is 0.254 e. The fourth-order valence-electron chi connectivity index (χ4n) is 3.14. The maximum Gasteiger partial charge on any atom is 0.254 e. The third-order valence-electron chi connectivity index (χ3n) is 4.43. The zero-order valence-corrected chi connectivity index (χ0v) is 13.9. The van der Waals surface area contributed by atoms with Gasteiger partial charge in [0.1, 0.15) is 0 Å². The number of nitrogens with two attached hydrogens (primary N) is 1. The Morgan fingerprint density at radius 3 is 2.78 bits per heavy atom. The summed E-state index contributed by atoms with van der Waals surface area (Å²) in [6.45, 7) is 1.41. The lowest BCUT2D eigenvalue weighted by molar-refractivity contribution is 0.0442. The highest BCUT2D eigenvalue weighted by Gasteiger charge is 2.31. The zero-order chi connectivity index (χ0) is 16.2. The lowest BCUT2D eigenvalue weighted by Crippen LogP contribution is -2.44. The molecule has 2 heterocycles. The Bertz CT molecular complexity index is 581. The van der Waals surface area contributed by atoms with Gasteiger partial charge in [0, 0.05) is 36.1 Å². The van der Waals surface area contributed by atoms with Gasteiger partial charge in [0.2, 0.25) is 5.91 Å². The summed E-state index contributed by atoms with van der Waals surface area (Å²) in [5, 5.41) is 0. The van der Waals surface area contributed by atoms with Crippen molar-refractivity contribution in [2.45, 2.75) is 31.4 Å². The second kappa shape index (κ2) is 7.36. The maximum atomic E-state index is 13.0. The van der Waals surface area contributed by atoms with Crippen molar-refractivity contribution in [1.82, 2.24) is 4.90 Å². The molecule has 2 amide bonds. The number of carbonyl (C=O) groups excluding carboxylic acids is 2. The molecular weight excluding hydrogens is 312 g/mol. The molecule has 6 heteroatoms. The van der Waals surface area contributed by atoms with E-state index in [1.165, 1.54) is 0 Å². The van der Waals surface area contributed by atoms with Crippen LogP contribution in [0.5, 0.6) is 0 Å². The molecule has 0 saturated carbocycles. The molecule has 2 aliphatic rings. The molecule has 2 N–H and O–H groups in total. The summed E-state index contributed by atoms with van der Waals surface area (Å²) in [7, 11) is 0. The highest BCUT2D eigenvalue weighted by molar-refractivity contribution is 7.99. The third-order valence-corrected chi connectivity index (χ3v) is 5.57. The lowest BCUT2D eigenvalue weighted by atomic mass is 10.1. The lowest BCUT2D eigenvalue weighted by Gasteiger charge is -2.31. The van der Waals surface area contributed by atoms with Gasteiger partial charge in [-0.25, -0.2) is 0 Å². The topological polar surface area (TPSA) is 72.6 Å². The van der Waals surface area contributed by atoms with Gasteiger partial charge in [-0.2, -0.15) is 11.8 Å². The van der Waals surface area contributed by atoms with Crippen LogP contribution in [0.15, 0.2) is 24.3 Å². The summed E-state index contributed by atoms with van der Waals surface area (Å²) in [5.74, 6) is 1.51. The summed E-state index contributed by atoms with van der Waals surface area (Å²) in [5.41, 5.74) is 6.22. The molecule has 2 fully saturated rings. The van der Waals surface area contributed by atoms with Gasteiger partial charge in [0.25, 0.3) is 5.91 Å². The number of nitrogens with zero attached hydrogens (tertiary/aromatic N) is 1. The number of ether oxygens (including phenoxy) is 1. The van der Waals surface area contributed by atoms with Gasteiger partial charge in [-0.1, -0.05) is 6.07 Å². The van der Waals surface area contributed by atoms with Gasteiger partial charge in [-0.3, -0.25) is 9.59 Å². The number of primary amides is 1. The van der Waals surface area contributed by atoms with E-state index in [4.69, 9.17) is 10.5 Å². The minimum absolute atomic E-state index is 0.0314. The van der Waals surface area contributed by atoms with Gasteiger partial charge in [0.05, 0.1) is 6.10 Å². The molecule has 0 aromatic heterocycles. The molecule has 0 unspecified atom stereocenters. The van der Waals surface area contributed by atoms with Crippen LogP contribution in [0.2, 0.25) is 0 Å². The van der Waals surface area contributed by atoms with Crippen molar-refractivity contribution in [2.24, 2.45) is 5.73 Å². The second-order valence-electron chi connectivity index (χ2n) is 6.06. The first-order valence-electron chi connectivity index (χ1n) is 8.05. The van der Waals surface area contributed by atoms with Crippen molar-refractivity contribution in [3.05, 3.63) is 35.4 Å². The van der Waals surface area contributed by atoms with Crippen LogP contribution in [0.3, 0.4) is 0 Å². The minimum atomic E-state index is -0.512. The number of carbonyl (C=O) groups is 2. The van der Waals surface area contributed by atoms with Crippen LogP contribution in [0.25, 0.3) is 0 Å². The highest BCUT2D eigenvalue weighted by atomic mass is 32.2. The van der Waals surface area contributed by atoms with E-state index in [9.17, 15) is 9.59 Å². The number of rotatable bonds is 5. The average molecular weight is 334 g/mol. The molecule has 0 radical (unpaired) electrons. The van der Waals surface area contributed by atoms with Crippen LogP contribution >= 0.6 is 11.8 Å². The fourth-order valence-corrected chi connectivity index (χ4v) is 4.37. The van der Waals surface area contributed by atoms with Gasteiger partial charge >= 0.3 is 0 Å². The Labute approximate surface area is 140 Å². The zero-order valence-electron chi connectivity index (χ0n) is 13.1. The summed E-state index contributed by atoms with van der Waals surface area (Å²) in [6, 6.07) is 6.93. The first kappa shape index (κ1) is 16.3. The second-order valence-corrected chi connectivity index (χ2v) is 7.20. The van der Waals surface area contributed by atoms with E-state index in [1.807, 2.05) is 16.7 Å². The van der Waals surface area contributed by atoms with Crippen LogP contribution in [0.4, 0.5) is 0 Å². The Morgan fingerprint density at radius 1 is 1.30 bits per heavy atom. The summed E-state index contributed by atoms with van der Waals surface area (Å²) in [6.07, 6.45) is 3.20. The Morgan fingerprint density at radius 2 is 2.13 bits per heavy atom. The minimum Gasteiger partial charge on any atom is -0.376 e. The molecular formula is C17H22N2O3S. The van der Waals surface area contributed by atoms with Gasteiger partial charge < -0.3 is 15.4 Å². The summed E-state index contributed by atoms with van der Waals surface area (Å²) < 4.78 is 5.72. The molecule has 1 aromatic carbocycles. The standard InChI is InChI=1S/C17H22N2O3S/c18-16(20)12-3-1-4-13(9-12)17(21)19(14-6-8-23-11-14)10-15-5-2-7-22-15/h1,3-4,9,14-15H,2,5-8,10-11H2,(H2,18,20)/t14-,15-/m1/s1. The first-order valence-corrected chi connectivity index (χ1v) is 9.21. The molecule has 5 nitrogen and oxygen atoms in total. The summed E-state index contributed by atoms with van der Waals surface area (Å²) >= 11 is 1.88. The van der Waals surface area contributed by atoms with E-state index < -0.39 is 5.91 Å². The van der Waals surface area contributed by atoms with E-state index in [2.05, 4.69) is 0 Å². The van der Waals surface area contributed by atoms with Crippen molar-refractivity contribution in [1.29, 1.82) is 0 Å². The van der Waals surface area contributed by atoms with E-state index in [0.717, 1.165) is 37.4 Å². The molecule has 3 rings (SSSR count). The molecule has 0 spiro atoms. The van der Waals surface area contributed by atoms with E-state index >= 15 is 0 Å². The quantitative estimate of drug-likeness (QED) is 0.893. The van der Waals surface area contributed by atoms with Crippen LogP contribution in [0, 0.1) is 0 Å². The van der Waals surface area contributed by atoms with E-state index in [0.29, 0.717) is 17.7 Å². The molecule has 2 saturated heterocycles. The molecule has 0 bridgehead atoms. The Balaban J connectivity index is 1.80. The van der Waals surface area contributed by atoms with Crippen LogP contribution in [0.1, 0.15) is 40.0 Å². The Hall–Kier alpha value is -1.53. The summed E-state index contributed by atoms with van der Waals surface area (Å²) in [4.78, 5) is 26.3. The van der Waals surface area contributed by atoms with Crippen molar-refractivity contribution >= 4 is 23.6 Å². The highest BCUT2D eigenvalue weighted by Crippen LogP contribution is 2.26. The first-order chi connectivity index (χ1) is 11.1. The number of amides is 2. The van der Waals surface area contributed by atoms with E-state index in [-0.39, 0.29) is 18.1 Å². The number of hydrogen-bond acceptors (Lipinski definition) is 4. The normalized spacial score (nSPS) is 23.8. The number of thioether (sulfide) groups is 1. The van der Waals surface area contributed by atoms with Crippen molar-refractivity contribution in [2.75, 3.05) is 24.7 Å². The average Bonchev–Trinajstić information content (AvgIpc) is 3.25. The fraction of sp³-hybridized carbons (Fsp3) is 0.529. The van der Waals surface area contributed by atoms with Gasteiger partial charge in [-0.15, -0.1) is 0 Å². The van der Waals surface area contributed by atoms with Gasteiger partial charge in [-0.05, 0) is 43.2 Å². The number of hydrogen-bond donors (Lipinski definition) is 1. The van der Waals surface area contributed by atoms with E-state index in [1.54, 1.807) is 24.3 Å². The van der Waals surface area contributed by atoms with Crippen LogP contribution in [-0.2, 0) is 4.74 Å². The van der Waals surface area contributed by atoms with Gasteiger partial charge in [0.15, 0.2) is 0 Å². The largest absolute Gasteiger partial charge is 0.376 e. The van der Waals surface area contributed by atoms with Crippen molar-refractivity contribution < 1.29 is 14.3 Å². The Kier molecular flexibility index (Phi) is 5.23. The SMILES string of the molecule is NC(=O)c1cccc(C(=O)N(C[C@H]2CCCO2)[C@@H]2CCSC2)c1. The number of benzene rings is 1. The predicted molar refractivity (Wildman–Crippen MR) is 90.7 cm³/mol. The van der Waals surface area contributed by atoms with Crippen molar-refractivity contribution in [3.63, 3.8) is 0 Å². The molecule has 1 aromatic rings.